The van der Waals surface area contributed by atoms with Crippen molar-refractivity contribution in [2.45, 2.75) is 20.0 Å². The molecule has 2 aromatic carbocycles. The van der Waals surface area contributed by atoms with Gasteiger partial charge in [-0.1, -0.05) is 0 Å². The van der Waals surface area contributed by atoms with Crippen molar-refractivity contribution in [3.63, 3.8) is 0 Å². The molecule has 0 spiro atoms. The Bertz CT molecular complexity index is 658. The Balaban J connectivity index is 2.62. The summed E-state index contributed by atoms with van der Waals surface area (Å²) in [5.41, 5.74) is 0.753. The molecule has 0 aromatic heterocycles. The molecule has 2 aromatic rings. The highest BCUT2D eigenvalue weighted by atomic mass is 19.2. The van der Waals surface area contributed by atoms with Gasteiger partial charge >= 0.3 is 0 Å². The van der Waals surface area contributed by atoms with E-state index in [4.69, 9.17) is 4.74 Å². The van der Waals surface area contributed by atoms with Crippen LogP contribution < -0.4 is 4.74 Å². The smallest absolute Gasteiger partial charge is 0.194 e. The van der Waals surface area contributed by atoms with Crippen molar-refractivity contribution >= 4 is 6.29 Å². The average Bonchev–Trinajstić information content (AvgIpc) is 2.44. The Morgan fingerprint density at radius 3 is 2.19 bits per heavy atom. The fourth-order valence-corrected chi connectivity index (χ4v) is 1.91. The highest BCUT2D eigenvalue weighted by molar-refractivity contribution is 5.81. The summed E-state index contributed by atoms with van der Waals surface area (Å²) in [6.45, 7) is 3.59. The molecule has 0 N–H and O–H groups in total. The molecule has 110 valence electrons. The third-order valence-corrected chi connectivity index (χ3v) is 2.80. The van der Waals surface area contributed by atoms with E-state index in [-0.39, 0.29) is 11.7 Å². The minimum atomic E-state index is -1.53. The number of hydrogen-bond acceptors (Lipinski definition) is 2. The second kappa shape index (κ2) is 5.99. The van der Waals surface area contributed by atoms with Crippen LogP contribution in [0.5, 0.6) is 5.75 Å². The Hall–Kier alpha value is -2.30. The number of aldehydes is 1. The molecule has 21 heavy (non-hydrogen) atoms. The van der Waals surface area contributed by atoms with Crippen molar-refractivity contribution in [2.24, 2.45) is 0 Å². The average molecular weight is 294 g/mol. The summed E-state index contributed by atoms with van der Waals surface area (Å²) in [7, 11) is 0. The molecule has 0 aliphatic heterocycles. The highest BCUT2D eigenvalue weighted by Gasteiger charge is 2.15. The first kappa shape index (κ1) is 15.1. The molecule has 0 amide bonds. The first-order chi connectivity index (χ1) is 9.92. The minimum absolute atomic E-state index is 0.103. The third-order valence-electron chi connectivity index (χ3n) is 2.80. The number of halogens is 3. The molecule has 0 atom stereocenters. The summed E-state index contributed by atoms with van der Waals surface area (Å²) in [6.07, 6.45) is 0.444. The van der Waals surface area contributed by atoms with Gasteiger partial charge in [0.25, 0.3) is 0 Å². The van der Waals surface area contributed by atoms with Crippen LogP contribution in [0.25, 0.3) is 11.1 Å². The fourth-order valence-electron chi connectivity index (χ4n) is 1.91. The van der Waals surface area contributed by atoms with Crippen molar-refractivity contribution in [1.82, 2.24) is 0 Å². The van der Waals surface area contributed by atoms with Gasteiger partial charge in [0.05, 0.1) is 6.10 Å². The van der Waals surface area contributed by atoms with Crippen molar-refractivity contribution in [3.05, 3.63) is 53.3 Å². The standard InChI is InChI=1S/C16H13F3O2/c1-9(2)21-15-4-3-10(8-20)5-12(15)11-6-13(17)16(19)14(18)7-11/h3-9H,1-2H3. The third kappa shape index (κ3) is 3.24. The monoisotopic (exact) mass is 294 g/mol. The van der Waals surface area contributed by atoms with Crippen LogP contribution in [0.15, 0.2) is 30.3 Å². The molecular weight excluding hydrogens is 281 g/mol. The first-order valence-corrected chi connectivity index (χ1v) is 6.33. The van der Waals surface area contributed by atoms with Crippen LogP contribution >= 0.6 is 0 Å². The lowest BCUT2D eigenvalue weighted by molar-refractivity contribution is 0.112. The largest absolute Gasteiger partial charge is 0.490 e. The fraction of sp³-hybridized carbons (Fsp3) is 0.188. The molecule has 0 saturated carbocycles. The van der Waals surface area contributed by atoms with E-state index in [0.717, 1.165) is 12.1 Å². The highest BCUT2D eigenvalue weighted by Crippen LogP contribution is 2.33. The Morgan fingerprint density at radius 2 is 1.67 bits per heavy atom. The number of carbonyl (C=O) groups excluding carboxylic acids is 1. The summed E-state index contributed by atoms with van der Waals surface area (Å²) >= 11 is 0. The van der Waals surface area contributed by atoms with Crippen molar-refractivity contribution in [2.75, 3.05) is 0 Å². The number of hydrogen-bond donors (Lipinski definition) is 0. The zero-order chi connectivity index (χ0) is 15.6. The van der Waals surface area contributed by atoms with E-state index in [1.54, 1.807) is 13.8 Å². The minimum Gasteiger partial charge on any atom is -0.490 e. The maximum Gasteiger partial charge on any atom is 0.194 e. The molecular formula is C16H13F3O2. The molecule has 0 heterocycles. The zero-order valence-electron chi connectivity index (χ0n) is 11.5. The SMILES string of the molecule is CC(C)Oc1ccc(C=O)cc1-c1cc(F)c(F)c(F)c1. The van der Waals surface area contributed by atoms with Gasteiger partial charge in [-0.25, -0.2) is 13.2 Å². The molecule has 0 fully saturated rings. The van der Waals surface area contributed by atoms with Crippen molar-refractivity contribution < 1.29 is 22.7 Å². The number of benzene rings is 2. The van der Waals surface area contributed by atoms with Gasteiger partial charge in [-0.2, -0.15) is 0 Å². The Kier molecular flexibility index (Phi) is 4.31. The van der Waals surface area contributed by atoms with Crippen LogP contribution in [0.2, 0.25) is 0 Å². The summed E-state index contributed by atoms with van der Waals surface area (Å²) < 4.78 is 45.4. The number of rotatable bonds is 4. The van der Waals surface area contributed by atoms with Crippen LogP contribution in [0.4, 0.5) is 13.2 Å². The van der Waals surface area contributed by atoms with Crippen LogP contribution in [0.3, 0.4) is 0 Å². The first-order valence-electron chi connectivity index (χ1n) is 6.33. The molecule has 0 aliphatic rings. The van der Waals surface area contributed by atoms with Crippen LogP contribution in [0.1, 0.15) is 24.2 Å². The predicted molar refractivity (Wildman–Crippen MR) is 72.9 cm³/mol. The van der Waals surface area contributed by atoms with Gasteiger partial charge < -0.3 is 4.74 Å². The van der Waals surface area contributed by atoms with E-state index >= 15 is 0 Å². The van der Waals surface area contributed by atoms with Gasteiger partial charge in [-0.15, -0.1) is 0 Å². The van der Waals surface area contributed by atoms with E-state index in [2.05, 4.69) is 0 Å². The molecule has 0 aliphatic carbocycles. The van der Waals surface area contributed by atoms with Gasteiger partial charge in [0.2, 0.25) is 0 Å². The second-order valence-corrected chi connectivity index (χ2v) is 4.79. The van der Waals surface area contributed by atoms with E-state index < -0.39 is 17.5 Å². The topological polar surface area (TPSA) is 26.3 Å². The molecule has 0 radical (unpaired) electrons. The van der Waals surface area contributed by atoms with E-state index in [9.17, 15) is 18.0 Å². The summed E-state index contributed by atoms with van der Waals surface area (Å²) in [6, 6.07) is 6.25. The van der Waals surface area contributed by atoms with Crippen molar-refractivity contribution in [1.29, 1.82) is 0 Å². The van der Waals surface area contributed by atoms with E-state index in [0.29, 0.717) is 23.2 Å². The summed E-state index contributed by atoms with van der Waals surface area (Å²) in [5.74, 6) is -3.76. The molecule has 0 saturated heterocycles. The maximum absolute atomic E-state index is 13.4. The van der Waals surface area contributed by atoms with Crippen molar-refractivity contribution in [3.8, 4) is 16.9 Å². The lowest BCUT2D eigenvalue weighted by Crippen LogP contribution is -2.07. The number of ether oxygens (including phenoxy) is 1. The van der Waals surface area contributed by atoms with Gasteiger partial charge in [0, 0.05) is 11.1 Å². The molecule has 5 heteroatoms. The molecule has 2 rings (SSSR count). The zero-order valence-corrected chi connectivity index (χ0v) is 11.5. The molecule has 2 nitrogen and oxygen atoms in total. The van der Waals surface area contributed by atoms with Crippen LogP contribution in [-0.2, 0) is 0 Å². The molecule has 0 bridgehead atoms. The summed E-state index contributed by atoms with van der Waals surface area (Å²) in [4.78, 5) is 10.9. The van der Waals surface area contributed by atoms with E-state index in [1.165, 1.54) is 18.2 Å². The predicted octanol–water partition coefficient (Wildman–Crippen LogP) is 4.37. The Labute approximate surface area is 120 Å². The van der Waals surface area contributed by atoms with Crippen LogP contribution in [-0.4, -0.2) is 12.4 Å². The van der Waals surface area contributed by atoms with Gasteiger partial charge in [0.1, 0.15) is 12.0 Å². The lowest BCUT2D eigenvalue weighted by atomic mass is 10.0. The summed E-state index contributed by atoms with van der Waals surface area (Å²) in [5, 5.41) is 0. The van der Waals surface area contributed by atoms with Gasteiger partial charge in [-0.3, -0.25) is 4.79 Å². The normalized spacial score (nSPS) is 10.8. The van der Waals surface area contributed by atoms with Crippen LogP contribution in [0, 0.1) is 17.5 Å². The lowest BCUT2D eigenvalue weighted by Gasteiger charge is -2.15. The van der Waals surface area contributed by atoms with Gasteiger partial charge in [0.15, 0.2) is 17.5 Å². The Morgan fingerprint density at radius 1 is 1.05 bits per heavy atom. The quantitative estimate of drug-likeness (QED) is 0.618. The van der Waals surface area contributed by atoms with Gasteiger partial charge in [-0.05, 0) is 49.7 Å². The molecule has 0 unspecified atom stereocenters. The number of carbonyl (C=O) groups is 1. The van der Waals surface area contributed by atoms with E-state index in [1.807, 2.05) is 0 Å². The second-order valence-electron chi connectivity index (χ2n) is 4.79. The maximum atomic E-state index is 13.4.